The van der Waals surface area contributed by atoms with Crippen molar-refractivity contribution in [2.75, 3.05) is 6.54 Å². The first-order chi connectivity index (χ1) is 18.0. The fourth-order valence-corrected chi connectivity index (χ4v) is 5.21. The van der Waals surface area contributed by atoms with Crippen LogP contribution in [0.15, 0.2) is 42.5 Å². The van der Waals surface area contributed by atoms with Gasteiger partial charge >= 0.3 is 6.18 Å². The topological polar surface area (TPSA) is 113 Å². The van der Waals surface area contributed by atoms with Gasteiger partial charge in [-0.05, 0) is 48.4 Å². The standard InChI is InChI=1S/C27H24F3N3O5/c28-27(29,30)26(11-12-26)17-6-4-16(5-7-17)22(35)24(37)31-13-10-15-2-1-3-18-19(15)14-33(25(18)38)20-8-9-21(34)32-23(20)36/h1-7,20H,8-14H2,(H,31,37)(H,32,34,36). The summed E-state index contributed by atoms with van der Waals surface area (Å²) in [6, 6.07) is 9.38. The molecule has 0 radical (unpaired) electrons. The highest BCUT2D eigenvalue weighted by molar-refractivity contribution is 6.42. The molecule has 3 aliphatic rings. The summed E-state index contributed by atoms with van der Waals surface area (Å²) in [4.78, 5) is 63.0. The Morgan fingerprint density at radius 2 is 1.76 bits per heavy atom. The van der Waals surface area contributed by atoms with E-state index in [2.05, 4.69) is 10.6 Å². The monoisotopic (exact) mass is 527 g/mol. The minimum Gasteiger partial charge on any atom is -0.349 e. The first-order valence-corrected chi connectivity index (χ1v) is 12.3. The molecule has 2 aromatic carbocycles. The molecule has 0 spiro atoms. The molecule has 11 heteroatoms. The van der Waals surface area contributed by atoms with Crippen molar-refractivity contribution in [3.05, 3.63) is 70.3 Å². The predicted molar refractivity (Wildman–Crippen MR) is 127 cm³/mol. The van der Waals surface area contributed by atoms with Crippen molar-refractivity contribution in [1.82, 2.24) is 15.5 Å². The maximum Gasteiger partial charge on any atom is 0.398 e. The highest BCUT2D eigenvalue weighted by Gasteiger charge is 2.64. The summed E-state index contributed by atoms with van der Waals surface area (Å²) in [6.45, 7) is 0.276. The molecule has 1 atom stereocenters. The summed E-state index contributed by atoms with van der Waals surface area (Å²) >= 11 is 0. The van der Waals surface area contributed by atoms with Crippen LogP contribution in [0, 0.1) is 0 Å². The van der Waals surface area contributed by atoms with E-state index in [0.717, 1.165) is 11.1 Å². The van der Waals surface area contributed by atoms with E-state index in [1.165, 1.54) is 29.2 Å². The Labute approximate surface area is 215 Å². The van der Waals surface area contributed by atoms with Crippen LogP contribution in [0.3, 0.4) is 0 Å². The molecule has 198 valence electrons. The molecule has 2 fully saturated rings. The lowest BCUT2D eigenvalue weighted by Gasteiger charge is -2.29. The maximum atomic E-state index is 13.3. The maximum absolute atomic E-state index is 13.3. The number of carbonyl (C=O) groups is 5. The Balaban J connectivity index is 1.19. The lowest BCUT2D eigenvalue weighted by Crippen LogP contribution is -2.52. The third-order valence-corrected chi connectivity index (χ3v) is 7.56. The normalized spacial score (nSPS) is 20.1. The van der Waals surface area contributed by atoms with Crippen molar-refractivity contribution >= 4 is 29.4 Å². The van der Waals surface area contributed by atoms with E-state index >= 15 is 0 Å². The van der Waals surface area contributed by atoms with Crippen LogP contribution in [-0.2, 0) is 32.8 Å². The number of halogens is 3. The van der Waals surface area contributed by atoms with Crippen LogP contribution >= 0.6 is 0 Å². The molecule has 1 unspecified atom stereocenters. The van der Waals surface area contributed by atoms with Crippen LogP contribution in [0.1, 0.15) is 63.1 Å². The highest BCUT2D eigenvalue weighted by Crippen LogP contribution is 2.58. The number of nitrogens with one attached hydrogen (secondary N) is 2. The fourth-order valence-electron chi connectivity index (χ4n) is 5.21. The Morgan fingerprint density at radius 1 is 1.05 bits per heavy atom. The molecule has 2 heterocycles. The zero-order chi connectivity index (χ0) is 27.2. The van der Waals surface area contributed by atoms with Gasteiger partial charge in [0.15, 0.2) is 0 Å². The lowest BCUT2D eigenvalue weighted by molar-refractivity contribution is -0.160. The number of benzene rings is 2. The summed E-state index contributed by atoms with van der Waals surface area (Å²) in [5.74, 6) is -2.93. The molecule has 2 N–H and O–H groups in total. The van der Waals surface area contributed by atoms with E-state index in [1.807, 2.05) is 0 Å². The van der Waals surface area contributed by atoms with Crippen LogP contribution < -0.4 is 10.6 Å². The Hall–Kier alpha value is -4.02. The van der Waals surface area contributed by atoms with Crippen molar-refractivity contribution < 1.29 is 37.1 Å². The average Bonchev–Trinajstić information content (AvgIpc) is 3.64. The number of hydrogen-bond donors (Lipinski definition) is 2. The van der Waals surface area contributed by atoms with Crippen molar-refractivity contribution in [2.24, 2.45) is 0 Å². The molecule has 2 aliphatic heterocycles. The Kier molecular flexibility index (Phi) is 6.32. The van der Waals surface area contributed by atoms with Crippen molar-refractivity contribution in [1.29, 1.82) is 0 Å². The molecular weight excluding hydrogens is 503 g/mol. The van der Waals surface area contributed by atoms with Crippen LogP contribution in [-0.4, -0.2) is 53.1 Å². The number of hydrogen-bond acceptors (Lipinski definition) is 5. The number of rotatable bonds is 7. The highest BCUT2D eigenvalue weighted by atomic mass is 19.4. The summed E-state index contributed by atoms with van der Waals surface area (Å²) in [5.41, 5.74) is 0.154. The summed E-state index contributed by atoms with van der Waals surface area (Å²) in [7, 11) is 0. The zero-order valence-corrected chi connectivity index (χ0v) is 20.2. The van der Waals surface area contributed by atoms with Crippen LogP contribution in [0.4, 0.5) is 13.2 Å². The van der Waals surface area contributed by atoms with Gasteiger partial charge in [0, 0.05) is 30.6 Å². The number of carbonyl (C=O) groups excluding carboxylic acids is 5. The number of amides is 4. The van der Waals surface area contributed by atoms with E-state index in [4.69, 9.17) is 0 Å². The molecule has 5 rings (SSSR count). The smallest absolute Gasteiger partial charge is 0.349 e. The van der Waals surface area contributed by atoms with Crippen molar-refractivity contribution in [3.63, 3.8) is 0 Å². The van der Waals surface area contributed by atoms with E-state index in [1.54, 1.807) is 18.2 Å². The average molecular weight is 527 g/mol. The summed E-state index contributed by atoms with van der Waals surface area (Å²) in [5, 5.41) is 4.79. The molecule has 2 aromatic rings. The van der Waals surface area contributed by atoms with Gasteiger partial charge in [0.25, 0.3) is 11.8 Å². The predicted octanol–water partition coefficient (Wildman–Crippen LogP) is 2.58. The minimum absolute atomic E-state index is 0.00432. The summed E-state index contributed by atoms with van der Waals surface area (Å²) in [6.07, 6.45) is -3.65. The van der Waals surface area contributed by atoms with Gasteiger partial charge in [-0.1, -0.05) is 36.4 Å². The van der Waals surface area contributed by atoms with Crippen LogP contribution in [0.5, 0.6) is 0 Å². The van der Waals surface area contributed by atoms with E-state index in [0.29, 0.717) is 12.0 Å². The van der Waals surface area contributed by atoms with Gasteiger partial charge in [0.2, 0.25) is 17.6 Å². The molecule has 1 saturated heterocycles. The van der Waals surface area contributed by atoms with E-state index in [-0.39, 0.29) is 61.7 Å². The second kappa shape index (κ2) is 9.38. The Bertz CT molecular complexity index is 1350. The number of alkyl halides is 3. The van der Waals surface area contributed by atoms with Crippen LogP contribution in [0.25, 0.3) is 0 Å². The van der Waals surface area contributed by atoms with Gasteiger partial charge in [0.1, 0.15) is 6.04 Å². The van der Waals surface area contributed by atoms with Crippen LogP contribution in [0.2, 0.25) is 0 Å². The quantitative estimate of drug-likeness (QED) is 0.327. The minimum atomic E-state index is -4.36. The van der Waals surface area contributed by atoms with Gasteiger partial charge in [0.05, 0.1) is 5.41 Å². The van der Waals surface area contributed by atoms with Gasteiger partial charge in [-0.2, -0.15) is 13.2 Å². The Morgan fingerprint density at radius 3 is 2.39 bits per heavy atom. The number of piperidine rings is 1. The molecule has 8 nitrogen and oxygen atoms in total. The van der Waals surface area contributed by atoms with Gasteiger partial charge < -0.3 is 10.2 Å². The number of ketones is 1. The summed E-state index contributed by atoms with van der Waals surface area (Å²) < 4.78 is 40.0. The zero-order valence-electron chi connectivity index (χ0n) is 20.2. The molecular formula is C27H24F3N3O5. The van der Waals surface area contributed by atoms with Crippen molar-refractivity contribution in [3.8, 4) is 0 Å². The van der Waals surface area contributed by atoms with E-state index < -0.39 is 35.2 Å². The molecule has 4 amide bonds. The second-order valence-electron chi connectivity index (χ2n) is 9.84. The molecule has 0 aromatic heterocycles. The number of imide groups is 1. The lowest BCUT2D eigenvalue weighted by atomic mass is 9.94. The van der Waals surface area contributed by atoms with Crippen molar-refractivity contribution in [2.45, 2.75) is 56.3 Å². The number of nitrogens with zero attached hydrogens (tertiary/aromatic N) is 1. The second-order valence-corrected chi connectivity index (χ2v) is 9.84. The third kappa shape index (κ3) is 4.46. The molecule has 0 bridgehead atoms. The third-order valence-electron chi connectivity index (χ3n) is 7.56. The first kappa shape index (κ1) is 25.6. The molecule has 1 saturated carbocycles. The molecule has 1 aliphatic carbocycles. The molecule has 38 heavy (non-hydrogen) atoms. The largest absolute Gasteiger partial charge is 0.398 e. The van der Waals surface area contributed by atoms with Gasteiger partial charge in [-0.25, -0.2) is 0 Å². The van der Waals surface area contributed by atoms with Gasteiger partial charge in [-0.15, -0.1) is 0 Å². The SMILES string of the molecule is O=C1CCC(N2Cc3c(CCNC(=O)C(=O)c4ccc(C5(C(F)(F)F)CC5)cc4)cccc3C2=O)C(=O)N1. The number of fused-ring (bicyclic) bond motifs is 1. The number of Topliss-reactive ketones (excluding diaryl/α,β-unsaturated/α-hetero) is 1. The van der Waals surface area contributed by atoms with Gasteiger partial charge in [-0.3, -0.25) is 29.3 Å². The first-order valence-electron chi connectivity index (χ1n) is 12.3. The van der Waals surface area contributed by atoms with E-state index in [9.17, 15) is 37.1 Å². The fraction of sp³-hybridized carbons (Fsp3) is 0.370.